The molecule has 7 nitrogen and oxygen atoms in total. The second kappa shape index (κ2) is 4.65. The predicted molar refractivity (Wildman–Crippen MR) is 58.9 cm³/mol. The highest BCUT2D eigenvalue weighted by Gasteiger charge is 2.16. The zero-order chi connectivity index (χ0) is 12.3. The van der Waals surface area contributed by atoms with Gasteiger partial charge in [0.25, 0.3) is 0 Å². The van der Waals surface area contributed by atoms with Crippen LogP contribution in [-0.2, 0) is 4.79 Å². The maximum absolute atomic E-state index is 11.6. The number of primary amides is 1. The molecule has 88 valence electrons. The fourth-order valence-corrected chi connectivity index (χ4v) is 1.25. The number of H-pyrrole nitrogens is 1. The lowest BCUT2D eigenvalue weighted by molar-refractivity contribution is -0.117. The molecule has 0 aliphatic rings. The Balaban J connectivity index is 2.68. The van der Waals surface area contributed by atoms with Crippen molar-refractivity contribution in [3.05, 3.63) is 11.4 Å². The Morgan fingerprint density at radius 1 is 1.44 bits per heavy atom. The zero-order valence-electron chi connectivity index (χ0n) is 9.42. The van der Waals surface area contributed by atoms with Crippen LogP contribution in [-0.4, -0.2) is 28.2 Å². The third kappa shape index (κ3) is 2.72. The van der Waals surface area contributed by atoms with Crippen LogP contribution in [0.1, 0.15) is 18.3 Å². The smallest absolute Gasteiger partial charge is 0.312 e. The summed E-state index contributed by atoms with van der Waals surface area (Å²) in [7, 11) is 0. The van der Waals surface area contributed by atoms with Crippen molar-refractivity contribution in [1.82, 2.24) is 15.5 Å². The van der Waals surface area contributed by atoms with Crippen molar-refractivity contribution in [3.63, 3.8) is 0 Å². The van der Waals surface area contributed by atoms with Gasteiger partial charge in [-0.3, -0.25) is 9.89 Å². The molecule has 0 spiro atoms. The first-order valence-electron chi connectivity index (χ1n) is 4.80. The molecule has 16 heavy (non-hydrogen) atoms. The molecule has 0 aliphatic carbocycles. The largest absolute Gasteiger partial charge is 0.352 e. The van der Waals surface area contributed by atoms with Crippen LogP contribution in [0.4, 0.5) is 10.5 Å². The molecule has 3 amide bonds. The third-order valence-electron chi connectivity index (χ3n) is 2.13. The summed E-state index contributed by atoms with van der Waals surface area (Å²) in [6, 6.07) is -1.42. The molecule has 0 fully saturated rings. The van der Waals surface area contributed by atoms with Crippen molar-refractivity contribution < 1.29 is 9.59 Å². The first kappa shape index (κ1) is 12.0. The van der Waals surface area contributed by atoms with Gasteiger partial charge in [0.05, 0.1) is 17.1 Å². The van der Waals surface area contributed by atoms with E-state index in [0.29, 0.717) is 11.4 Å². The highest BCUT2D eigenvalue weighted by Crippen LogP contribution is 2.15. The van der Waals surface area contributed by atoms with Crippen LogP contribution in [0.2, 0.25) is 0 Å². The first-order chi connectivity index (χ1) is 7.41. The zero-order valence-corrected chi connectivity index (χ0v) is 9.42. The molecular formula is C9H15N5O2. The van der Waals surface area contributed by atoms with Crippen molar-refractivity contribution in [3.8, 4) is 0 Å². The van der Waals surface area contributed by atoms with Gasteiger partial charge in [-0.2, -0.15) is 5.10 Å². The maximum atomic E-state index is 11.6. The molecule has 0 bridgehead atoms. The number of hydrogen-bond acceptors (Lipinski definition) is 3. The number of aryl methyl sites for hydroxylation is 2. The minimum Gasteiger partial charge on any atom is -0.352 e. The number of nitrogens with two attached hydrogens (primary N) is 1. The summed E-state index contributed by atoms with van der Waals surface area (Å²) in [5.41, 5.74) is 7.00. The lowest BCUT2D eigenvalue weighted by Gasteiger charge is -2.12. The lowest BCUT2D eigenvalue weighted by atomic mass is 10.2. The van der Waals surface area contributed by atoms with E-state index in [1.807, 2.05) is 0 Å². The summed E-state index contributed by atoms with van der Waals surface area (Å²) in [5.74, 6) is -0.341. The van der Waals surface area contributed by atoms with Crippen molar-refractivity contribution in [1.29, 1.82) is 0 Å². The van der Waals surface area contributed by atoms with Gasteiger partial charge in [-0.1, -0.05) is 0 Å². The van der Waals surface area contributed by atoms with Gasteiger partial charge in [-0.25, -0.2) is 4.79 Å². The minimum absolute atomic E-state index is 0.341. The standard InChI is InChI=1S/C9H15N5O2/c1-4-7(5(2)14-13-4)12-8(15)6(3)11-9(10)16/h6H,1-3H3,(H,12,15)(H,13,14)(H3,10,11,16). The molecular weight excluding hydrogens is 210 g/mol. The SMILES string of the molecule is Cc1n[nH]c(C)c1NC(=O)C(C)NC(N)=O. The second-order valence-corrected chi connectivity index (χ2v) is 3.53. The fraction of sp³-hybridized carbons (Fsp3) is 0.444. The van der Waals surface area contributed by atoms with Crippen LogP contribution < -0.4 is 16.4 Å². The molecule has 7 heteroatoms. The molecule has 0 aromatic carbocycles. The Bertz CT molecular complexity index is 393. The predicted octanol–water partition coefficient (Wildman–Crippen LogP) is 0.0218. The average molecular weight is 225 g/mol. The van der Waals surface area contributed by atoms with E-state index >= 15 is 0 Å². The van der Waals surface area contributed by atoms with E-state index < -0.39 is 12.1 Å². The molecule has 0 aliphatic heterocycles. The molecule has 5 N–H and O–H groups in total. The van der Waals surface area contributed by atoms with Crippen LogP contribution in [0.15, 0.2) is 0 Å². The van der Waals surface area contributed by atoms with Crippen molar-refractivity contribution in [2.75, 3.05) is 5.32 Å². The number of amides is 3. The summed E-state index contributed by atoms with van der Waals surface area (Å²) in [5, 5.41) is 11.6. The van der Waals surface area contributed by atoms with E-state index in [1.165, 1.54) is 0 Å². The maximum Gasteiger partial charge on any atom is 0.312 e. The Hall–Kier alpha value is -2.05. The number of aromatic nitrogens is 2. The highest BCUT2D eigenvalue weighted by atomic mass is 16.2. The number of nitrogens with one attached hydrogen (secondary N) is 3. The molecule has 0 radical (unpaired) electrons. The number of carbonyl (C=O) groups excluding carboxylic acids is 2. The number of anilines is 1. The van der Waals surface area contributed by atoms with Gasteiger partial charge >= 0.3 is 6.03 Å². The van der Waals surface area contributed by atoms with Gasteiger partial charge in [-0.15, -0.1) is 0 Å². The average Bonchev–Trinajstić information content (AvgIpc) is 2.48. The number of rotatable bonds is 3. The van der Waals surface area contributed by atoms with E-state index in [0.717, 1.165) is 5.69 Å². The highest BCUT2D eigenvalue weighted by molar-refractivity contribution is 5.97. The number of hydrogen-bond donors (Lipinski definition) is 4. The minimum atomic E-state index is -0.733. The summed E-state index contributed by atoms with van der Waals surface area (Å²) < 4.78 is 0. The molecule has 0 saturated carbocycles. The Morgan fingerprint density at radius 2 is 2.06 bits per heavy atom. The number of urea groups is 1. The van der Waals surface area contributed by atoms with E-state index in [9.17, 15) is 9.59 Å². The monoisotopic (exact) mass is 225 g/mol. The van der Waals surface area contributed by atoms with Gasteiger partial charge in [0.1, 0.15) is 6.04 Å². The van der Waals surface area contributed by atoms with Crippen LogP contribution in [0, 0.1) is 13.8 Å². The number of aromatic amines is 1. The van der Waals surface area contributed by atoms with Gasteiger partial charge in [0, 0.05) is 0 Å². The molecule has 1 unspecified atom stereocenters. The van der Waals surface area contributed by atoms with E-state index in [4.69, 9.17) is 5.73 Å². The van der Waals surface area contributed by atoms with E-state index in [1.54, 1.807) is 20.8 Å². The Morgan fingerprint density at radius 3 is 2.50 bits per heavy atom. The second-order valence-electron chi connectivity index (χ2n) is 3.53. The molecule has 0 saturated heterocycles. The molecule has 1 aromatic heterocycles. The van der Waals surface area contributed by atoms with E-state index in [-0.39, 0.29) is 5.91 Å². The molecule has 1 atom stereocenters. The topological polar surface area (TPSA) is 113 Å². The van der Waals surface area contributed by atoms with Gasteiger partial charge in [-0.05, 0) is 20.8 Å². The van der Waals surface area contributed by atoms with E-state index in [2.05, 4.69) is 20.8 Å². The normalized spacial score (nSPS) is 11.9. The van der Waals surface area contributed by atoms with Crippen LogP contribution in [0.25, 0.3) is 0 Å². The van der Waals surface area contributed by atoms with Crippen molar-refractivity contribution in [2.45, 2.75) is 26.8 Å². The first-order valence-corrected chi connectivity index (χ1v) is 4.80. The number of carbonyl (C=O) groups is 2. The Kier molecular flexibility index (Phi) is 3.49. The quantitative estimate of drug-likeness (QED) is 0.581. The summed E-state index contributed by atoms with van der Waals surface area (Å²) in [6.07, 6.45) is 0. The summed E-state index contributed by atoms with van der Waals surface area (Å²) >= 11 is 0. The lowest BCUT2D eigenvalue weighted by Crippen LogP contribution is -2.44. The van der Waals surface area contributed by atoms with Gasteiger partial charge < -0.3 is 16.4 Å². The fourth-order valence-electron chi connectivity index (χ4n) is 1.25. The third-order valence-corrected chi connectivity index (χ3v) is 2.13. The van der Waals surface area contributed by atoms with Crippen molar-refractivity contribution in [2.24, 2.45) is 5.73 Å². The molecule has 1 heterocycles. The number of nitrogens with zero attached hydrogens (tertiary/aromatic N) is 1. The summed E-state index contributed by atoms with van der Waals surface area (Å²) in [6.45, 7) is 5.11. The van der Waals surface area contributed by atoms with Crippen LogP contribution in [0.5, 0.6) is 0 Å². The van der Waals surface area contributed by atoms with Gasteiger partial charge in [0.2, 0.25) is 5.91 Å². The van der Waals surface area contributed by atoms with Crippen LogP contribution in [0.3, 0.4) is 0 Å². The molecule has 1 rings (SSSR count). The Labute approximate surface area is 92.8 Å². The van der Waals surface area contributed by atoms with Crippen molar-refractivity contribution >= 4 is 17.6 Å². The summed E-state index contributed by atoms with van der Waals surface area (Å²) in [4.78, 5) is 22.2. The molecule has 1 aromatic rings. The van der Waals surface area contributed by atoms with Crippen LogP contribution >= 0.6 is 0 Å². The van der Waals surface area contributed by atoms with Gasteiger partial charge in [0.15, 0.2) is 0 Å².